The van der Waals surface area contributed by atoms with Crippen LogP contribution < -0.4 is 10.1 Å². The molecule has 0 aliphatic carbocycles. The number of anilines is 1. The number of aromatic nitrogens is 1. The summed E-state index contributed by atoms with van der Waals surface area (Å²) in [5.74, 6) is -2.74. The van der Waals surface area contributed by atoms with Crippen molar-refractivity contribution in [2.45, 2.75) is 45.1 Å². The highest BCUT2D eigenvalue weighted by Crippen LogP contribution is 2.45. The van der Waals surface area contributed by atoms with E-state index in [1.807, 2.05) is 42.5 Å². The molecule has 1 aromatic heterocycles. The third-order valence-corrected chi connectivity index (χ3v) is 5.68. The lowest BCUT2D eigenvalue weighted by Gasteiger charge is -2.42. The number of esters is 1. The van der Waals surface area contributed by atoms with Gasteiger partial charge in [-0.15, -0.1) is 0 Å². The number of aliphatic hydroxyl groups is 1. The lowest BCUT2D eigenvalue weighted by atomic mass is 9.83. The molecule has 1 aliphatic heterocycles. The maximum atomic E-state index is 13.1. The van der Waals surface area contributed by atoms with Crippen LogP contribution in [0.5, 0.6) is 5.75 Å². The Morgan fingerprint density at radius 2 is 1.90 bits per heavy atom. The lowest BCUT2D eigenvalue weighted by Crippen LogP contribution is -2.53. The number of fused-ring (bicyclic) bond motifs is 2. The molecule has 0 saturated carbocycles. The summed E-state index contributed by atoms with van der Waals surface area (Å²) < 4.78 is 12.4. The Balaban J connectivity index is 1.77. The van der Waals surface area contributed by atoms with Gasteiger partial charge in [0.25, 0.3) is 0 Å². The molecule has 0 fully saturated rings. The molecule has 29 heavy (non-hydrogen) atoms. The molecule has 3 atom stereocenters. The van der Waals surface area contributed by atoms with Crippen molar-refractivity contribution in [2.24, 2.45) is 5.92 Å². The second-order valence-electron chi connectivity index (χ2n) is 8.31. The molecule has 0 radical (unpaired) electrons. The second kappa shape index (κ2) is 7.00. The zero-order chi connectivity index (χ0) is 20.8. The molecule has 7 heteroatoms. The van der Waals surface area contributed by atoms with Crippen molar-refractivity contribution in [1.82, 2.24) is 4.98 Å². The molecule has 0 unspecified atom stereocenters. The number of nitrogens with zero attached hydrogens (tertiary/aromatic N) is 1. The van der Waals surface area contributed by atoms with Crippen LogP contribution in [0, 0.1) is 5.92 Å². The van der Waals surface area contributed by atoms with Crippen molar-refractivity contribution in [1.29, 1.82) is 0 Å². The van der Waals surface area contributed by atoms with Gasteiger partial charge in [0, 0.05) is 12.5 Å². The van der Waals surface area contributed by atoms with E-state index in [2.05, 4.69) is 10.3 Å². The van der Waals surface area contributed by atoms with Crippen molar-refractivity contribution in [3.63, 3.8) is 0 Å². The summed E-state index contributed by atoms with van der Waals surface area (Å²) >= 11 is 1.50. The summed E-state index contributed by atoms with van der Waals surface area (Å²) in [5, 5.41) is 15.1. The predicted octanol–water partition coefficient (Wildman–Crippen LogP) is 4.51. The first-order valence-corrected chi connectivity index (χ1v) is 10.3. The quantitative estimate of drug-likeness (QED) is 0.616. The van der Waals surface area contributed by atoms with E-state index in [1.165, 1.54) is 18.3 Å². The monoisotopic (exact) mass is 412 g/mol. The van der Waals surface area contributed by atoms with Crippen LogP contribution >= 0.6 is 11.3 Å². The minimum Gasteiger partial charge on any atom is -0.461 e. The molecule has 0 spiro atoms. The van der Waals surface area contributed by atoms with E-state index < -0.39 is 29.3 Å². The van der Waals surface area contributed by atoms with Crippen molar-refractivity contribution >= 4 is 32.7 Å². The topological polar surface area (TPSA) is 80.7 Å². The highest BCUT2D eigenvalue weighted by molar-refractivity contribution is 7.22. The maximum Gasteiger partial charge on any atom is 0.318 e. The molecule has 0 saturated heterocycles. The second-order valence-corrected chi connectivity index (χ2v) is 9.35. The van der Waals surface area contributed by atoms with Crippen molar-refractivity contribution in [3.05, 3.63) is 54.1 Å². The smallest absolute Gasteiger partial charge is 0.318 e. The van der Waals surface area contributed by atoms with Gasteiger partial charge in [-0.25, -0.2) is 4.98 Å². The molecule has 0 amide bonds. The normalized spacial score (nSPS) is 23.9. The predicted molar refractivity (Wildman–Crippen MR) is 113 cm³/mol. The van der Waals surface area contributed by atoms with Crippen molar-refractivity contribution in [3.8, 4) is 5.75 Å². The highest BCUT2D eigenvalue weighted by atomic mass is 32.1. The molecular formula is C22H24N2O4S. The lowest BCUT2D eigenvalue weighted by molar-refractivity contribution is -0.206. The van der Waals surface area contributed by atoms with E-state index in [0.717, 1.165) is 15.8 Å². The third-order valence-electron chi connectivity index (χ3n) is 4.71. The van der Waals surface area contributed by atoms with E-state index >= 15 is 0 Å². The summed E-state index contributed by atoms with van der Waals surface area (Å²) in [7, 11) is 0. The van der Waals surface area contributed by atoms with Gasteiger partial charge >= 0.3 is 5.97 Å². The molecule has 2 heterocycles. The molecule has 2 N–H and O–H groups in total. The van der Waals surface area contributed by atoms with E-state index in [1.54, 1.807) is 26.8 Å². The van der Waals surface area contributed by atoms with Gasteiger partial charge in [-0.2, -0.15) is 0 Å². The molecular weight excluding hydrogens is 388 g/mol. The Kier molecular flexibility index (Phi) is 4.75. The number of carbonyl (C=O) groups excluding carboxylic acids is 1. The highest BCUT2D eigenvalue weighted by Gasteiger charge is 2.52. The maximum absolute atomic E-state index is 13.1. The molecule has 0 bridgehead atoms. The van der Waals surface area contributed by atoms with Crippen LogP contribution in [0.15, 0.2) is 48.5 Å². The van der Waals surface area contributed by atoms with Crippen LogP contribution in [-0.2, 0) is 9.53 Å². The number of benzene rings is 2. The average molecular weight is 413 g/mol. The Morgan fingerprint density at radius 3 is 2.62 bits per heavy atom. The standard InChI is InChI=1S/C22H24N2O4S/c1-21(2,3)28-19(25)17-18(13-9-5-7-11-15(13)27-22(17,4)26)24-20-23-14-10-6-8-12-16(14)29-20/h5-12,17-18,26H,1-4H3,(H,23,24)/t17-,18-,22-/m1/s1. The summed E-state index contributed by atoms with van der Waals surface area (Å²) in [4.78, 5) is 17.7. The molecule has 4 rings (SSSR count). The number of thiazole rings is 1. The molecule has 6 nitrogen and oxygen atoms in total. The van der Waals surface area contributed by atoms with Gasteiger partial charge in [-0.05, 0) is 39.0 Å². The van der Waals surface area contributed by atoms with Crippen LogP contribution in [0.2, 0.25) is 0 Å². The molecule has 2 aromatic carbocycles. The van der Waals surface area contributed by atoms with Crippen molar-refractivity contribution < 1.29 is 19.4 Å². The number of nitrogens with one attached hydrogen (secondary N) is 1. The average Bonchev–Trinajstić information content (AvgIpc) is 3.01. The van der Waals surface area contributed by atoms with E-state index in [0.29, 0.717) is 10.9 Å². The van der Waals surface area contributed by atoms with Gasteiger partial charge in [0.15, 0.2) is 5.13 Å². The zero-order valence-electron chi connectivity index (χ0n) is 16.8. The fourth-order valence-corrected chi connectivity index (χ4v) is 4.46. The van der Waals surface area contributed by atoms with Crippen LogP contribution in [0.3, 0.4) is 0 Å². The van der Waals surface area contributed by atoms with Crippen LogP contribution in [0.25, 0.3) is 10.2 Å². The van der Waals surface area contributed by atoms with Gasteiger partial charge in [0.1, 0.15) is 17.3 Å². The Bertz CT molecular complexity index is 1020. The first-order valence-electron chi connectivity index (χ1n) is 9.49. The number of ether oxygens (including phenoxy) is 2. The molecule has 1 aliphatic rings. The summed E-state index contributed by atoms with van der Waals surface area (Å²) in [6.45, 7) is 6.89. The summed E-state index contributed by atoms with van der Waals surface area (Å²) in [6, 6.07) is 14.6. The van der Waals surface area contributed by atoms with Gasteiger partial charge < -0.3 is 19.9 Å². The Morgan fingerprint density at radius 1 is 1.21 bits per heavy atom. The largest absolute Gasteiger partial charge is 0.461 e. The van der Waals surface area contributed by atoms with Gasteiger partial charge in [-0.3, -0.25) is 4.79 Å². The van der Waals surface area contributed by atoms with Crippen LogP contribution in [0.4, 0.5) is 5.13 Å². The first kappa shape index (κ1) is 19.7. The minimum atomic E-state index is -1.75. The van der Waals surface area contributed by atoms with Gasteiger partial charge in [-0.1, -0.05) is 41.7 Å². The van der Waals surface area contributed by atoms with Gasteiger partial charge in [0.2, 0.25) is 5.79 Å². The SMILES string of the molecule is CC(C)(C)OC(=O)[C@H]1[C@H](Nc2nc3ccccc3s2)c2ccccc2O[C@@]1(C)O. The van der Waals surface area contributed by atoms with Gasteiger partial charge in [0.05, 0.1) is 16.3 Å². The Hall–Kier alpha value is -2.64. The zero-order valence-corrected chi connectivity index (χ0v) is 17.6. The molecule has 152 valence electrons. The Labute approximate surface area is 173 Å². The number of hydrogen-bond acceptors (Lipinski definition) is 7. The number of para-hydroxylation sites is 2. The number of carbonyl (C=O) groups is 1. The minimum absolute atomic E-state index is 0.524. The number of hydrogen-bond donors (Lipinski definition) is 2. The van der Waals surface area contributed by atoms with Crippen LogP contribution in [0.1, 0.15) is 39.3 Å². The van der Waals surface area contributed by atoms with Crippen LogP contribution in [-0.4, -0.2) is 27.4 Å². The van der Waals surface area contributed by atoms with E-state index in [4.69, 9.17) is 9.47 Å². The summed E-state index contributed by atoms with van der Waals surface area (Å²) in [6.07, 6.45) is 0. The van der Waals surface area contributed by atoms with E-state index in [-0.39, 0.29) is 0 Å². The fourth-order valence-electron chi connectivity index (χ4n) is 3.55. The first-order chi connectivity index (χ1) is 13.6. The fraction of sp³-hybridized carbons (Fsp3) is 0.364. The molecule has 3 aromatic rings. The van der Waals surface area contributed by atoms with E-state index in [9.17, 15) is 9.90 Å². The van der Waals surface area contributed by atoms with Crippen molar-refractivity contribution in [2.75, 3.05) is 5.32 Å². The summed E-state index contributed by atoms with van der Waals surface area (Å²) in [5.41, 5.74) is 0.958. The number of rotatable bonds is 3. The third kappa shape index (κ3) is 3.93.